The maximum atomic E-state index is 12.5. The maximum Gasteiger partial charge on any atom is 0.191 e. The number of benzene rings is 2. The third-order valence-corrected chi connectivity index (χ3v) is 7.66. The smallest absolute Gasteiger partial charge is 0.191 e. The Balaban J connectivity index is 1.74. The van der Waals surface area contributed by atoms with E-state index in [0.29, 0.717) is 10.6 Å². The number of aryl methyl sites for hydroxylation is 1. The fourth-order valence-corrected chi connectivity index (χ4v) is 5.62. The van der Waals surface area contributed by atoms with Crippen LogP contribution in [-0.4, -0.2) is 34.7 Å². The molecule has 2 aromatic carbocycles. The second kappa shape index (κ2) is 8.58. The predicted molar refractivity (Wildman–Crippen MR) is 113 cm³/mol. The van der Waals surface area contributed by atoms with Crippen LogP contribution in [0, 0.1) is 6.92 Å². The summed E-state index contributed by atoms with van der Waals surface area (Å²) in [4.78, 5) is 0.337. The lowest BCUT2D eigenvalue weighted by molar-refractivity contribution is 0.597. The molecule has 0 aliphatic heterocycles. The zero-order valence-corrected chi connectivity index (χ0v) is 18.3. The van der Waals surface area contributed by atoms with Crippen LogP contribution in [0.3, 0.4) is 0 Å². The van der Waals surface area contributed by atoms with Crippen LogP contribution in [0.4, 0.5) is 0 Å². The van der Waals surface area contributed by atoms with Crippen LogP contribution in [0.15, 0.2) is 63.1 Å². The minimum absolute atomic E-state index is 0.0512. The summed E-state index contributed by atoms with van der Waals surface area (Å²) in [5.74, 6) is 1.29. The Morgan fingerprint density at radius 1 is 1.07 bits per heavy atom. The Bertz CT molecular complexity index is 1030. The monoisotopic (exact) mass is 465 g/mol. The zero-order chi connectivity index (χ0) is 19.4. The van der Waals surface area contributed by atoms with Crippen LogP contribution in [-0.2, 0) is 16.4 Å². The molecule has 142 valence electrons. The molecule has 0 fully saturated rings. The molecule has 1 aromatic heterocycles. The third kappa shape index (κ3) is 4.62. The number of aromatic nitrogens is 3. The highest BCUT2D eigenvalue weighted by Crippen LogP contribution is 2.26. The molecule has 0 N–H and O–H groups in total. The summed E-state index contributed by atoms with van der Waals surface area (Å²) in [5, 5.41) is 9.36. The van der Waals surface area contributed by atoms with Gasteiger partial charge in [0.25, 0.3) is 0 Å². The molecule has 8 heteroatoms. The molecule has 27 heavy (non-hydrogen) atoms. The van der Waals surface area contributed by atoms with Gasteiger partial charge in [-0.3, -0.25) is 0 Å². The highest BCUT2D eigenvalue weighted by Gasteiger charge is 2.17. The number of thioether (sulfide) groups is 1. The third-order valence-electron chi connectivity index (χ3n) is 4.18. The minimum atomic E-state index is -3.32. The molecule has 0 atom stereocenters. The first-order valence-electron chi connectivity index (χ1n) is 8.52. The molecule has 0 spiro atoms. The van der Waals surface area contributed by atoms with Crippen molar-refractivity contribution < 1.29 is 8.42 Å². The highest BCUT2D eigenvalue weighted by atomic mass is 79.9. The van der Waals surface area contributed by atoms with E-state index in [1.165, 1.54) is 11.8 Å². The Labute approximate surface area is 172 Å². The zero-order valence-electron chi connectivity index (χ0n) is 15.1. The van der Waals surface area contributed by atoms with E-state index >= 15 is 0 Å². The number of sulfone groups is 1. The van der Waals surface area contributed by atoms with Crippen LogP contribution >= 0.6 is 27.7 Å². The fourth-order valence-electron chi connectivity index (χ4n) is 2.71. The molecule has 0 unspecified atom stereocenters. The van der Waals surface area contributed by atoms with Gasteiger partial charge in [0.1, 0.15) is 0 Å². The molecule has 0 saturated carbocycles. The van der Waals surface area contributed by atoms with Gasteiger partial charge in [0, 0.05) is 22.3 Å². The quantitative estimate of drug-likeness (QED) is 0.476. The van der Waals surface area contributed by atoms with E-state index in [1.54, 1.807) is 24.3 Å². The lowest BCUT2D eigenvalue weighted by Gasteiger charge is -2.09. The number of halogens is 1. The highest BCUT2D eigenvalue weighted by molar-refractivity contribution is 9.10. The molecular formula is C19H20BrN3O2S2. The van der Waals surface area contributed by atoms with Crippen LogP contribution < -0.4 is 0 Å². The van der Waals surface area contributed by atoms with E-state index < -0.39 is 9.84 Å². The lowest BCUT2D eigenvalue weighted by atomic mass is 10.1. The molecule has 0 aliphatic rings. The van der Waals surface area contributed by atoms with Crippen molar-refractivity contribution in [2.45, 2.75) is 30.4 Å². The molecule has 3 aromatic rings. The van der Waals surface area contributed by atoms with Crippen LogP contribution in [0.1, 0.15) is 12.5 Å². The Kier molecular flexibility index (Phi) is 6.39. The molecular weight excluding hydrogens is 446 g/mol. The van der Waals surface area contributed by atoms with Gasteiger partial charge in [-0.15, -0.1) is 10.2 Å². The van der Waals surface area contributed by atoms with Gasteiger partial charge < -0.3 is 4.57 Å². The van der Waals surface area contributed by atoms with Gasteiger partial charge in [-0.2, -0.15) is 0 Å². The van der Waals surface area contributed by atoms with Crippen LogP contribution in [0.2, 0.25) is 0 Å². The molecule has 3 rings (SSSR count). The standard InChI is InChI=1S/C19H20BrN3O2S2/c1-3-23-18(17-7-5-4-6-14(17)2)21-22-19(23)26-12-13-27(24,25)16-10-8-15(20)9-11-16/h4-11H,3,12-13H2,1-2H3. The van der Waals surface area contributed by atoms with E-state index in [-0.39, 0.29) is 5.75 Å². The van der Waals surface area contributed by atoms with Gasteiger partial charge in [0.2, 0.25) is 0 Å². The summed E-state index contributed by atoms with van der Waals surface area (Å²) in [5.41, 5.74) is 2.18. The second-order valence-corrected chi connectivity index (χ2v) is 10.1. The summed E-state index contributed by atoms with van der Waals surface area (Å²) in [6.07, 6.45) is 0. The van der Waals surface area contributed by atoms with E-state index in [9.17, 15) is 8.42 Å². The van der Waals surface area contributed by atoms with Gasteiger partial charge in [-0.25, -0.2) is 8.42 Å². The summed E-state index contributed by atoms with van der Waals surface area (Å²) in [7, 11) is -3.32. The average Bonchev–Trinajstić information content (AvgIpc) is 3.05. The predicted octanol–water partition coefficient (Wildman–Crippen LogP) is 4.60. The number of hydrogen-bond donors (Lipinski definition) is 0. The topological polar surface area (TPSA) is 64.8 Å². The molecule has 0 bridgehead atoms. The number of hydrogen-bond acceptors (Lipinski definition) is 5. The molecule has 5 nitrogen and oxygen atoms in total. The SMILES string of the molecule is CCn1c(SCCS(=O)(=O)c2ccc(Br)cc2)nnc1-c1ccccc1C. The first-order chi connectivity index (χ1) is 12.9. The van der Waals surface area contributed by atoms with Crippen molar-refractivity contribution in [3.8, 4) is 11.4 Å². The van der Waals surface area contributed by atoms with E-state index in [4.69, 9.17) is 0 Å². The van der Waals surface area contributed by atoms with Gasteiger partial charge >= 0.3 is 0 Å². The number of rotatable bonds is 7. The average molecular weight is 466 g/mol. The molecule has 0 aliphatic carbocycles. The van der Waals surface area contributed by atoms with E-state index in [1.807, 2.05) is 42.7 Å². The van der Waals surface area contributed by atoms with Crippen molar-refractivity contribution in [2.24, 2.45) is 0 Å². The van der Waals surface area contributed by atoms with Crippen LogP contribution in [0.5, 0.6) is 0 Å². The molecule has 1 heterocycles. The molecule has 0 amide bonds. The van der Waals surface area contributed by atoms with Crippen molar-refractivity contribution in [1.82, 2.24) is 14.8 Å². The van der Waals surface area contributed by atoms with Crippen molar-refractivity contribution in [1.29, 1.82) is 0 Å². The lowest BCUT2D eigenvalue weighted by Crippen LogP contribution is -2.09. The summed E-state index contributed by atoms with van der Waals surface area (Å²) in [6, 6.07) is 14.8. The Hall–Kier alpha value is -1.64. The van der Waals surface area contributed by atoms with Crippen molar-refractivity contribution in [3.63, 3.8) is 0 Å². The van der Waals surface area contributed by atoms with Gasteiger partial charge in [0.05, 0.1) is 10.6 Å². The van der Waals surface area contributed by atoms with Gasteiger partial charge in [-0.05, 0) is 43.7 Å². The number of nitrogens with zero attached hydrogens (tertiary/aromatic N) is 3. The molecule has 0 saturated heterocycles. The fraction of sp³-hybridized carbons (Fsp3) is 0.263. The first kappa shape index (κ1) is 20.1. The normalized spacial score (nSPS) is 11.7. The first-order valence-corrected chi connectivity index (χ1v) is 12.0. The van der Waals surface area contributed by atoms with Gasteiger partial charge in [0.15, 0.2) is 20.8 Å². The maximum absolute atomic E-state index is 12.5. The van der Waals surface area contributed by atoms with Crippen molar-refractivity contribution >= 4 is 37.5 Å². The minimum Gasteiger partial charge on any atom is -0.302 e. The van der Waals surface area contributed by atoms with E-state index in [0.717, 1.165) is 33.1 Å². The summed E-state index contributed by atoms with van der Waals surface area (Å²) < 4.78 is 27.9. The largest absolute Gasteiger partial charge is 0.302 e. The Morgan fingerprint density at radius 2 is 1.78 bits per heavy atom. The van der Waals surface area contributed by atoms with Gasteiger partial charge in [-0.1, -0.05) is 52.0 Å². The second-order valence-electron chi connectivity index (χ2n) is 5.99. The van der Waals surface area contributed by atoms with Crippen molar-refractivity contribution in [3.05, 3.63) is 58.6 Å². The molecule has 0 radical (unpaired) electrons. The summed E-state index contributed by atoms with van der Waals surface area (Å²) in [6.45, 7) is 4.80. The summed E-state index contributed by atoms with van der Waals surface area (Å²) >= 11 is 4.74. The van der Waals surface area contributed by atoms with Crippen molar-refractivity contribution in [2.75, 3.05) is 11.5 Å². The van der Waals surface area contributed by atoms with E-state index in [2.05, 4.69) is 26.1 Å². The van der Waals surface area contributed by atoms with Crippen LogP contribution in [0.25, 0.3) is 11.4 Å². The Morgan fingerprint density at radius 3 is 2.44 bits per heavy atom.